The Bertz CT molecular complexity index is 874. The fraction of sp³-hybridized carbons (Fsp3) is 0.200. The molecule has 0 saturated heterocycles. The average molecular weight is 368 g/mol. The van der Waals surface area contributed by atoms with Gasteiger partial charge in [-0.15, -0.1) is 0 Å². The van der Waals surface area contributed by atoms with Crippen LogP contribution in [-0.4, -0.2) is 37.2 Å². The highest BCUT2D eigenvalue weighted by atomic mass is 16.5. The van der Waals surface area contributed by atoms with Gasteiger partial charge in [-0.25, -0.2) is 4.79 Å². The van der Waals surface area contributed by atoms with Crippen molar-refractivity contribution in [2.75, 3.05) is 23.9 Å². The smallest absolute Gasteiger partial charge is 0.337 e. The number of esters is 1. The Kier molecular flexibility index (Phi) is 6.43. The third-order valence-corrected chi connectivity index (χ3v) is 3.84. The second kappa shape index (κ2) is 8.75. The number of nitrogens with zero attached hydrogens (tertiary/aromatic N) is 1. The molecule has 140 valence electrons. The lowest BCUT2D eigenvalue weighted by Crippen LogP contribution is -2.36. The number of amides is 2. The van der Waals surface area contributed by atoms with E-state index in [9.17, 15) is 19.2 Å². The number of rotatable bonds is 6. The van der Waals surface area contributed by atoms with Crippen LogP contribution in [0.1, 0.15) is 34.6 Å². The van der Waals surface area contributed by atoms with Crippen molar-refractivity contribution in [3.8, 4) is 0 Å². The maximum Gasteiger partial charge on any atom is 0.337 e. The van der Waals surface area contributed by atoms with Gasteiger partial charge < -0.3 is 15.0 Å². The van der Waals surface area contributed by atoms with Gasteiger partial charge in [0.2, 0.25) is 11.8 Å². The number of ketones is 1. The Morgan fingerprint density at radius 2 is 1.63 bits per heavy atom. The lowest BCUT2D eigenvalue weighted by Gasteiger charge is -2.21. The van der Waals surface area contributed by atoms with Crippen LogP contribution >= 0.6 is 0 Å². The molecule has 0 radical (unpaired) electrons. The first-order chi connectivity index (χ1) is 12.8. The van der Waals surface area contributed by atoms with Crippen molar-refractivity contribution in [3.05, 3.63) is 59.7 Å². The minimum Gasteiger partial charge on any atom is -0.465 e. The molecule has 0 fully saturated rings. The van der Waals surface area contributed by atoms with E-state index in [0.29, 0.717) is 22.5 Å². The van der Waals surface area contributed by atoms with Crippen LogP contribution in [0.2, 0.25) is 0 Å². The lowest BCUT2D eigenvalue weighted by atomic mass is 10.1. The molecule has 0 atom stereocenters. The molecule has 0 aliphatic rings. The van der Waals surface area contributed by atoms with Gasteiger partial charge in [0.1, 0.15) is 6.54 Å². The third kappa shape index (κ3) is 5.24. The van der Waals surface area contributed by atoms with Crippen molar-refractivity contribution >= 4 is 34.9 Å². The molecule has 0 aliphatic heterocycles. The molecule has 7 nitrogen and oxygen atoms in total. The number of carbonyl (C=O) groups excluding carboxylic acids is 4. The minimum absolute atomic E-state index is 0.129. The van der Waals surface area contributed by atoms with Gasteiger partial charge in [-0.1, -0.05) is 12.1 Å². The number of Topliss-reactive ketones (excluding diaryl/α,β-unsaturated/α-hetero) is 1. The van der Waals surface area contributed by atoms with Gasteiger partial charge in [-0.3, -0.25) is 14.4 Å². The molecule has 0 spiro atoms. The summed E-state index contributed by atoms with van der Waals surface area (Å²) < 4.78 is 4.62. The Balaban J connectivity index is 2.11. The molecule has 2 rings (SSSR count). The zero-order valence-electron chi connectivity index (χ0n) is 15.3. The van der Waals surface area contributed by atoms with E-state index in [1.54, 1.807) is 36.4 Å². The molecule has 1 N–H and O–H groups in total. The molecule has 2 aromatic rings. The summed E-state index contributed by atoms with van der Waals surface area (Å²) in [7, 11) is 1.29. The normalized spacial score (nSPS) is 10.0. The Morgan fingerprint density at radius 1 is 0.963 bits per heavy atom. The van der Waals surface area contributed by atoms with E-state index >= 15 is 0 Å². The molecule has 7 heteroatoms. The highest BCUT2D eigenvalue weighted by molar-refractivity contribution is 6.03. The fourth-order valence-corrected chi connectivity index (χ4v) is 2.43. The first-order valence-corrected chi connectivity index (χ1v) is 8.19. The van der Waals surface area contributed by atoms with Crippen molar-refractivity contribution in [2.45, 2.75) is 13.8 Å². The molecule has 2 aromatic carbocycles. The quantitative estimate of drug-likeness (QED) is 0.625. The van der Waals surface area contributed by atoms with E-state index in [0.717, 1.165) is 0 Å². The van der Waals surface area contributed by atoms with Crippen LogP contribution in [0.4, 0.5) is 11.4 Å². The van der Waals surface area contributed by atoms with Gasteiger partial charge in [-0.2, -0.15) is 0 Å². The zero-order chi connectivity index (χ0) is 20.0. The summed E-state index contributed by atoms with van der Waals surface area (Å²) >= 11 is 0. The number of ether oxygens (including phenoxy) is 1. The summed E-state index contributed by atoms with van der Waals surface area (Å²) in [5.41, 5.74) is 1.76. The van der Waals surface area contributed by atoms with Crippen molar-refractivity contribution < 1.29 is 23.9 Å². The number of hydrogen-bond acceptors (Lipinski definition) is 5. The predicted octanol–water partition coefficient (Wildman–Crippen LogP) is 2.67. The van der Waals surface area contributed by atoms with Crippen molar-refractivity contribution in [2.24, 2.45) is 0 Å². The lowest BCUT2D eigenvalue weighted by molar-refractivity contribution is -0.120. The highest BCUT2D eigenvalue weighted by Gasteiger charge is 2.17. The van der Waals surface area contributed by atoms with Gasteiger partial charge in [0.15, 0.2) is 5.78 Å². The maximum absolute atomic E-state index is 12.3. The molecule has 27 heavy (non-hydrogen) atoms. The fourth-order valence-electron chi connectivity index (χ4n) is 2.43. The molecule has 0 aliphatic carbocycles. The number of benzene rings is 2. The highest BCUT2D eigenvalue weighted by Crippen LogP contribution is 2.17. The third-order valence-electron chi connectivity index (χ3n) is 3.84. The van der Waals surface area contributed by atoms with E-state index in [2.05, 4.69) is 10.1 Å². The van der Waals surface area contributed by atoms with E-state index in [1.165, 1.54) is 38.0 Å². The van der Waals surface area contributed by atoms with Gasteiger partial charge in [0, 0.05) is 23.9 Å². The number of hydrogen-bond donors (Lipinski definition) is 1. The van der Waals surface area contributed by atoms with E-state index in [4.69, 9.17) is 0 Å². The SMILES string of the molecule is COC(=O)c1ccc(NC(=O)CN(C(C)=O)c2cccc(C(C)=O)c2)cc1. The summed E-state index contributed by atoms with van der Waals surface area (Å²) in [6.07, 6.45) is 0. The Hall–Kier alpha value is -3.48. The molecule has 0 aromatic heterocycles. The van der Waals surface area contributed by atoms with E-state index in [-0.39, 0.29) is 18.2 Å². The molecule has 0 bridgehead atoms. The van der Waals surface area contributed by atoms with Crippen LogP contribution in [-0.2, 0) is 14.3 Å². The minimum atomic E-state index is -0.471. The molecular weight excluding hydrogens is 348 g/mol. The van der Waals surface area contributed by atoms with Crippen LogP contribution in [0.25, 0.3) is 0 Å². The number of methoxy groups -OCH3 is 1. The van der Waals surface area contributed by atoms with Crippen LogP contribution in [0.3, 0.4) is 0 Å². The molecule has 0 unspecified atom stereocenters. The largest absolute Gasteiger partial charge is 0.465 e. The van der Waals surface area contributed by atoms with Crippen molar-refractivity contribution in [3.63, 3.8) is 0 Å². The van der Waals surface area contributed by atoms with Crippen LogP contribution in [0.15, 0.2) is 48.5 Å². The summed E-state index contributed by atoms with van der Waals surface area (Å²) in [4.78, 5) is 48.5. The molecule has 0 saturated carbocycles. The Morgan fingerprint density at radius 3 is 2.19 bits per heavy atom. The monoisotopic (exact) mass is 368 g/mol. The average Bonchev–Trinajstić information content (AvgIpc) is 2.66. The Labute approximate surface area is 156 Å². The zero-order valence-corrected chi connectivity index (χ0v) is 15.3. The number of anilines is 2. The van der Waals surface area contributed by atoms with Crippen LogP contribution in [0, 0.1) is 0 Å². The van der Waals surface area contributed by atoms with E-state index in [1.807, 2.05) is 0 Å². The predicted molar refractivity (Wildman–Crippen MR) is 101 cm³/mol. The molecular formula is C20H20N2O5. The summed E-state index contributed by atoms with van der Waals surface area (Å²) in [6, 6.07) is 12.7. The van der Waals surface area contributed by atoms with Crippen LogP contribution < -0.4 is 10.2 Å². The summed E-state index contributed by atoms with van der Waals surface area (Å²) in [5, 5.41) is 2.67. The van der Waals surface area contributed by atoms with Crippen molar-refractivity contribution in [1.82, 2.24) is 0 Å². The first-order valence-electron chi connectivity index (χ1n) is 8.19. The molecule has 2 amide bonds. The van der Waals surface area contributed by atoms with Gasteiger partial charge in [-0.05, 0) is 43.3 Å². The summed E-state index contributed by atoms with van der Waals surface area (Å²) in [5.74, 6) is -1.34. The second-order valence-corrected chi connectivity index (χ2v) is 5.83. The summed E-state index contributed by atoms with van der Waals surface area (Å²) in [6.45, 7) is 2.57. The second-order valence-electron chi connectivity index (χ2n) is 5.83. The molecule has 0 heterocycles. The van der Waals surface area contributed by atoms with Crippen LogP contribution in [0.5, 0.6) is 0 Å². The maximum atomic E-state index is 12.3. The van der Waals surface area contributed by atoms with Gasteiger partial charge >= 0.3 is 5.97 Å². The van der Waals surface area contributed by atoms with E-state index < -0.39 is 11.9 Å². The first kappa shape index (κ1) is 19.8. The van der Waals surface area contributed by atoms with Gasteiger partial charge in [0.05, 0.1) is 12.7 Å². The van der Waals surface area contributed by atoms with Crippen molar-refractivity contribution in [1.29, 1.82) is 0 Å². The van der Waals surface area contributed by atoms with Gasteiger partial charge in [0.25, 0.3) is 0 Å². The number of nitrogens with one attached hydrogen (secondary N) is 1. The number of carbonyl (C=O) groups is 4. The standard InChI is InChI=1S/C20H20N2O5/c1-13(23)16-5-4-6-18(11-16)22(14(2)24)12-19(25)21-17-9-7-15(8-10-17)20(26)27-3/h4-11H,12H2,1-3H3,(H,21,25). The topological polar surface area (TPSA) is 92.8 Å².